The van der Waals surface area contributed by atoms with Crippen molar-refractivity contribution in [2.24, 2.45) is 5.41 Å². The summed E-state index contributed by atoms with van der Waals surface area (Å²) in [5.74, 6) is 0. The highest BCUT2D eigenvalue weighted by atomic mass is 15.2. The highest BCUT2D eigenvalue weighted by molar-refractivity contribution is 5.14. The number of hydrogen-bond donors (Lipinski definition) is 1. The van der Waals surface area contributed by atoms with E-state index in [2.05, 4.69) is 47.5 Å². The smallest absolute Gasteiger partial charge is 0.0207 e. The van der Waals surface area contributed by atoms with Crippen LogP contribution in [0.25, 0.3) is 0 Å². The van der Waals surface area contributed by atoms with E-state index >= 15 is 0 Å². The van der Waals surface area contributed by atoms with Gasteiger partial charge in [-0.05, 0) is 49.6 Å². The van der Waals surface area contributed by atoms with Crippen LogP contribution in [0.1, 0.15) is 38.2 Å². The van der Waals surface area contributed by atoms with E-state index < -0.39 is 0 Å². The van der Waals surface area contributed by atoms with Gasteiger partial charge in [0.2, 0.25) is 0 Å². The summed E-state index contributed by atoms with van der Waals surface area (Å²) in [5.41, 5.74) is 2.14. The van der Waals surface area contributed by atoms with Crippen molar-refractivity contribution in [3.63, 3.8) is 0 Å². The first-order valence-corrected chi connectivity index (χ1v) is 8.29. The van der Waals surface area contributed by atoms with E-state index in [0.29, 0.717) is 5.41 Å². The average Bonchev–Trinajstić information content (AvgIpc) is 3.15. The Morgan fingerprint density at radius 1 is 1.25 bits per heavy atom. The highest BCUT2D eigenvalue weighted by Crippen LogP contribution is 2.47. The minimum atomic E-state index is 0.678. The molecule has 0 bridgehead atoms. The minimum absolute atomic E-state index is 0.678. The van der Waals surface area contributed by atoms with Gasteiger partial charge >= 0.3 is 0 Å². The van der Waals surface area contributed by atoms with Crippen LogP contribution in [0.5, 0.6) is 0 Å². The molecule has 0 spiro atoms. The molecule has 1 saturated carbocycles. The fraction of sp³-hybridized carbons (Fsp3) is 0.667. The van der Waals surface area contributed by atoms with Crippen LogP contribution >= 0.6 is 0 Å². The molecule has 1 aliphatic carbocycles. The van der Waals surface area contributed by atoms with Crippen LogP contribution in [0.3, 0.4) is 0 Å². The second-order valence-corrected chi connectivity index (χ2v) is 6.76. The zero-order valence-corrected chi connectivity index (χ0v) is 12.8. The molecule has 0 radical (unpaired) electrons. The molecule has 2 aliphatic rings. The lowest BCUT2D eigenvalue weighted by Crippen LogP contribution is -2.36. The monoisotopic (exact) mass is 272 g/mol. The van der Waals surface area contributed by atoms with Crippen LogP contribution in [-0.2, 0) is 6.42 Å². The van der Waals surface area contributed by atoms with Gasteiger partial charge in [-0.3, -0.25) is 0 Å². The number of benzene rings is 1. The second kappa shape index (κ2) is 6.28. The van der Waals surface area contributed by atoms with Crippen molar-refractivity contribution in [2.75, 3.05) is 26.2 Å². The maximum absolute atomic E-state index is 3.82. The zero-order valence-electron chi connectivity index (χ0n) is 12.8. The Bertz CT molecular complexity index is 411. The molecule has 1 aliphatic heterocycles. The lowest BCUT2D eigenvalue weighted by molar-refractivity contribution is 0.325. The molecule has 2 fully saturated rings. The van der Waals surface area contributed by atoms with Crippen LogP contribution in [-0.4, -0.2) is 37.1 Å². The normalized spacial score (nSPS) is 24.9. The standard InChI is InChI=1S/C18H28N2/c1-2-18(10-11-18)15-19-17-9-13-20(14-17)12-8-16-6-4-3-5-7-16/h3-7,17,19H,2,8-15H2,1H3. The third-order valence-electron chi connectivity index (χ3n) is 5.30. The van der Waals surface area contributed by atoms with Gasteiger partial charge in [0.25, 0.3) is 0 Å². The molecule has 1 aromatic carbocycles. The third-order valence-corrected chi connectivity index (χ3v) is 5.30. The number of nitrogens with zero attached hydrogens (tertiary/aromatic N) is 1. The summed E-state index contributed by atoms with van der Waals surface area (Å²) in [6.07, 6.45) is 6.76. The Labute approximate surface area is 123 Å². The van der Waals surface area contributed by atoms with Crippen LogP contribution < -0.4 is 5.32 Å². The van der Waals surface area contributed by atoms with Gasteiger partial charge in [0.1, 0.15) is 0 Å². The Balaban J connectivity index is 1.37. The van der Waals surface area contributed by atoms with E-state index in [9.17, 15) is 0 Å². The Morgan fingerprint density at radius 3 is 2.75 bits per heavy atom. The van der Waals surface area contributed by atoms with Crippen LogP contribution in [0, 0.1) is 5.41 Å². The van der Waals surface area contributed by atoms with Crippen molar-refractivity contribution in [3.8, 4) is 0 Å². The average molecular weight is 272 g/mol. The maximum Gasteiger partial charge on any atom is 0.0207 e. The summed E-state index contributed by atoms with van der Waals surface area (Å²) in [5, 5.41) is 3.82. The largest absolute Gasteiger partial charge is 0.312 e. The molecule has 1 heterocycles. The van der Waals surface area contributed by atoms with Gasteiger partial charge in [-0.25, -0.2) is 0 Å². The molecule has 1 N–H and O–H groups in total. The number of rotatable bonds is 7. The van der Waals surface area contributed by atoms with Crippen LogP contribution in [0.4, 0.5) is 0 Å². The summed E-state index contributed by atoms with van der Waals surface area (Å²) in [4.78, 5) is 2.62. The molecule has 0 amide bonds. The predicted octanol–water partition coefficient (Wildman–Crippen LogP) is 3.08. The second-order valence-electron chi connectivity index (χ2n) is 6.76. The molecule has 0 aromatic heterocycles. The van der Waals surface area contributed by atoms with Crippen molar-refractivity contribution >= 4 is 0 Å². The van der Waals surface area contributed by atoms with Gasteiger partial charge in [-0.2, -0.15) is 0 Å². The van der Waals surface area contributed by atoms with E-state index in [1.54, 1.807) is 0 Å². The predicted molar refractivity (Wildman–Crippen MR) is 85.0 cm³/mol. The van der Waals surface area contributed by atoms with Gasteiger partial charge < -0.3 is 10.2 Å². The van der Waals surface area contributed by atoms with Gasteiger partial charge in [-0.1, -0.05) is 37.3 Å². The first kappa shape index (κ1) is 14.1. The molecule has 2 heteroatoms. The minimum Gasteiger partial charge on any atom is -0.312 e. The van der Waals surface area contributed by atoms with Crippen molar-refractivity contribution in [3.05, 3.63) is 35.9 Å². The van der Waals surface area contributed by atoms with Gasteiger partial charge in [0.05, 0.1) is 0 Å². The maximum atomic E-state index is 3.82. The van der Waals surface area contributed by atoms with Gasteiger partial charge in [0.15, 0.2) is 0 Å². The molecule has 1 aromatic rings. The third kappa shape index (κ3) is 3.62. The first-order chi connectivity index (χ1) is 9.80. The molecule has 1 atom stereocenters. The SMILES string of the molecule is CCC1(CNC2CCN(CCc3ccccc3)C2)CC1. The summed E-state index contributed by atoms with van der Waals surface area (Å²) < 4.78 is 0. The Morgan fingerprint density at radius 2 is 2.05 bits per heavy atom. The zero-order chi connectivity index (χ0) is 13.8. The number of hydrogen-bond acceptors (Lipinski definition) is 2. The first-order valence-electron chi connectivity index (χ1n) is 8.29. The Hall–Kier alpha value is -0.860. The molecular weight excluding hydrogens is 244 g/mol. The molecule has 110 valence electrons. The number of nitrogens with one attached hydrogen (secondary N) is 1. The van der Waals surface area contributed by atoms with E-state index in [1.165, 1.54) is 63.8 Å². The van der Waals surface area contributed by atoms with E-state index in [0.717, 1.165) is 6.04 Å². The molecule has 1 unspecified atom stereocenters. The van der Waals surface area contributed by atoms with Crippen molar-refractivity contribution in [2.45, 2.75) is 45.1 Å². The van der Waals surface area contributed by atoms with Gasteiger partial charge in [-0.15, -0.1) is 0 Å². The Kier molecular flexibility index (Phi) is 4.42. The summed E-state index contributed by atoms with van der Waals surface area (Å²) in [6.45, 7) is 7.31. The summed E-state index contributed by atoms with van der Waals surface area (Å²) >= 11 is 0. The lowest BCUT2D eigenvalue weighted by Gasteiger charge is -2.19. The number of likely N-dealkylation sites (tertiary alicyclic amines) is 1. The van der Waals surface area contributed by atoms with Crippen molar-refractivity contribution in [1.82, 2.24) is 10.2 Å². The van der Waals surface area contributed by atoms with Crippen molar-refractivity contribution < 1.29 is 0 Å². The van der Waals surface area contributed by atoms with Crippen LogP contribution in [0.15, 0.2) is 30.3 Å². The quantitative estimate of drug-likeness (QED) is 0.820. The molecule has 20 heavy (non-hydrogen) atoms. The molecule has 2 nitrogen and oxygen atoms in total. The molecule has 3 rings (SSSR count). The fourth-order valence-electron chi connectivity index (χ4n) is 3.33. The topological polar surface area (TPSA) is 15.3 Å². The fourth-order valence-corrected chi connectivity index (χ4v) is 3.33. The van der Waals surface area contributed by atoms with Gasteiger partial charge in [0, 0.05) is 25.7 Å². The molecular formula is C18H28N2. The van der Waals surface area contributed by atoms with E-state index in [-0.39, 0.29) is 0 Å². The summed E-state index contributed by atoms with van der Waals surface area (Å²) in [7, 11) is 0. The summed E-state index contributed by atoms with van der Waals surface area (Å²) in [6, 6.07) is 11.6. The highest BCUT2D eigenvalue weighted by Gasteiger charge is 2.40. The van der Waals surface area contributed by atoms with E-state index in [1.807, 2.05) is 0 Å². The molecule has 1 saturated heterocycles. The van der Waals surface area contributed by atoms with Crippen molar-refractivity contribution in [1.29, 1.82) is 0 Å². The van der Waals surface area contributed by atoms with E-state index in [4.69, 9.17) is 0 Å². The van der Waals surface area contributed by atoms with Crippen LogP contribution in [0.2, 0.25) is 0 Å². The lowest BCUT2D eigenvalue weighted by atomic mass is 10.0.